The number of anilines is 1. The molecule has 5 nitrogen and oxygen atoms in total. The van der Waals surface area contributed by atoms with Crippen molar-refractivity contribution in [2.24, 2.45) is 0 Å². The molecule has 0 aliphatic carbocycles. The minimum atomic E-state index is 0.447. The highest BCUT2D eigenvalue weighted by Crippen LogP contribution is 2.22. The van der Waals surface area contributed by atoms with Crippen LogP contribution in [0.4, 0.5) is 5.82 Å². The van der Waals surface area contributed by atoms with Gasteiger partial charge in [0.05, 0.1) is 17.3 Å². The fraction of sp³-hybridized carbons (Fsp3) is 0.273. The predicted molar refractivity (Wildman–Crippen MR) is 66.1 cm³/mol. The first-order chi connectivity index (χ1) is 8.18. The quantitative estimate of drug-likeness (QED) is 0.903. The summed E-state index contributed by atoms with van der Waals surface area (Å²) < 4.78 is 7.24. The Bertz CT molecular complexity index is 512. The highest BCUT2D eigenvalue weighted by atomic mass is 35.5. The maximum absolute atomic E-state index is 5.96. The van der Waals surface area contributed by atoms with Crippen LogP contribution in [0.25, 0.3) is 0 Å². The molecule has 17 heavy (non-hydrogen) atoms. The van der Waals surface area contributed by atoms with Crippen molar-refractivity contribution in [2.75, 3.05) is 12.3 Å². The maximum atomic E-state index is 5.96. The summed E-state index contributed by atoms with van der Waals surface area (Å²) in [4.78, 5) is 0. The molecule has 2 rings (SSSR count). The third-order valence-electron chi connectivity index (χ3n) is 2.42. The lowest BCUT2D eigenvalue weighted by Gasteiger charge is -2.08. The van der Waals surface area contributed by atoms with Crippen LogP contribution in [0.3, 0.4) is 0 Å². The normalized spacial score (nSPS) is 10.5. The van der Waals surface area contributed by atoms with Crippen molar-refractivity contribution in [3.63, 3.8) is 0 Å². The Kier molecular flexibility index (Phi) is 3.49. The summed E-state index contributed by atoms with van der Waals surface area (Å²) in [5, 5.41) is 8.27. The number of hydrogen-bond acceptors (Lipinski definition) is 4. The number of aromatic nitrogens is 3. The van der Waals surface area contributed by atoms with Gasteiger partial charge in [0.15, 0.2) is 5.82 Å². The first-order valence-corrected chi connectivity index (χ1v) is 5.59. The van der Waals surface area contributed by atoms with E-state index in [1.807, 2.05) is 25.1 Å². The van der Waals surface area contributed by atoms with Gasteiger partial charge in [0.1, 0.15) is 12.4 Å². The van der Waals surface area contributed by atoms with E-state index in [2.05, 4.69) is 10.3 Å². The molecule has 1 heterocycles. The molecule has 2 N–H and O–H groups in total. The van der Waals surface area contributed by atoms with Gasteiger partial charge in [-0.15, -0.1) is 5.10 Å². The predicted octanol–water partition coefficient (Wildman–Crippen LogP) is 1.90. The number of nitrogens with two attached hydrogens (primary N) is 1. The van der Waals surface area contributed by atoms with Crippen molar-refractivity contribution in [3.8, 4) is 5.75 Å². The Hall–Kier alpha value is -1.75. The maximum Gasteiger partial charge on any atom is 0.168 e. The lowest BCUT2D eigenvalue weighted by Crippen LogP contribution is -2.11. The number of benzene rings is 1. The molecule has 0 radical (unpaired) electrons. The van der Waals surface area contributed by atoms with E-state index in [1.54, 1.807) is 10.7 Å². The van der Waals surface area contributed by atoms with Crippen LogP contribution in [0.1, 0.15) is 5.69 Å². The number of rotatable bonds is 4. The first-order valence-electron chi connectivity index (χ1n) is 5.21. The van der Waals surface area contributed by atoms with Gasteiger partial charge in [-0.25, -0.2) is 4.68 Å². The molecule has 0 unspecified atom stereocenters. The Morgan fingerprint density at radius 1 is 1.41 bits per heavy atom. The van der Waals surface area contributed by atoms with Gasteiger partial charge in [0.2, 0.25) is 0 Å². The molecule has 0 saturated carbocycles. The Morgan fingerprint density at radius 2 is 2.18 bits per heavy atom. The van der Waals surface area contributed by atoms with Gasteiger partial charge < -0.3 is 10.5 Å². The highest BCUT2D eigenvalue weighted by Gasteiger charge is 2.05. The van der Waals surface area contributed by atoms with Crippen molar-refractivity contribution >= 4 is 17.4 Å². The second-order valence-electron chi connectivity index (χ2n) is 3.56. The SMILES string of the molecule is Cc1c(N)nnn1CCOc1ccccc1Cl. The van der Waals surface area contributed by atoms with Crippen LogP contribution in [0, 0.1) is 6.92 Å². The van der Waals surface area contributed by atoms with E-state index >= 15 is 0 Å². The topological polar surface area (TPSA) is 66.0 Å². The van der Waals surface area contributed by atoms with Crippen LogP contribution in [0.15, 0.2) is 24.3 Å². The van der Waals surface area contributed by atoms with Crippen LogP contribution < -0.4 is 10.5 Å². The Morgan fingerprint density at radius 3 is 2.82 bits per heavy atom. The van der Waals surface area contributed by atoms with Gasteiger partial charge in [0, 0.05) is 0 Å². The van der Waals surface area contributed by atoms with E-state index in [0.29, 0.717) is 29.7 Å². The van der Waals surface area contributed by atoms with Crippen LogP contribution >= 0.6 is 11.6 Å². The van der Waals surface area contributed by atoms with E-state index in [4.69, 9.17) is 22.1 Å². The number of hydrogen-bond donors (Lipinski definition) is 1. The molecule has 2 aromatic rings. The van der Waals surface area contributed by atoms with E-state index < -0.39 is 0 Å². The number of nitrogens with zero attached hydrogens (tertiary/aromatic N) is 3. The molecule has 0 aliphatic heterocycles. The number of ether oxygens (including phenoxy) is 1. The molecule has 0 aliphatic rings. The van der Waals surface area contributed by atoms with Gasteiger partial charge in [-0.05, 0) is 19.1 Å². The summed E-state index contributed by atoms with van der Waals surface area (Å²) in [6.45, 7) is 2.92. The zero-order valence-electron chi connectivity index (χ0n) is 9.43. The second kappa shape index (κ2) is 5.05. The largest absolute Gasteiger partial charge is 0.490 e. The fourth-order valence-electron chi connectivity index (χ4n) is 1.39. The van der Waals surface area contributed by atoms with Crippen molar-refractivity contribution in [1.29, 1.82) is 0 Å². The number of halogens is 1. The van der Waals surface area contributed by atoms with Crippen LogP contribution in [0.5, 0.6) is 5.75 Å². The highest BCUT2D eigenvalue weighted by molar-refractivity contribution is 6.32. The zero-order valence-corrected chi connectivity index (χ0v) is 10.2. The van der Waals surface area contributed by atoms with E-state index in [1.165, 1.54) is 0 Å². The second-order valence-corrected chi connectivity index (χ2v) is 3.97. The van der Waals surface area contributed by atoms with Gasteiger partial charge in [-0.3, -0.25) is 0 Å². The van der Waals surface area contributed by atoms with Crippen molar-refractivity contribution in [3.05, 3.63) is 35.0 Å². The number of para-hydroxylation sites is 1. The molecular weight excluding hydrogens is 240 g/mol. The molecule has 6 heteroatoms. The lowest BCUT2D eigenvalue weighted by atomic mass is 10.3. The fourth-order valence-corrected chi connectivity index (χ4v) is 1.58. The number of nitrogen functional groups attached to an aromatic ring is 1. The average molecular weight is 253 g/mol. The Balaban J connectivity index is 1.92. The third kappa shape index (κ3) is 2.68. The van der Waals surface area contributed by atoms with Crippen LogP contribution in [0.2, 0.25) is 5.02 Å². The minimum Gasteiger partial charge on any atom is -0.490 e. The van der Waals surface area contributed by atoms with E-state index in [-0.39, 0.29) is 0 Å². The standard InChI is InChI=1S/C11H13ClN4O/c1-8-11(13)14-15-16(8)6-7-17-10-5-3-2-4-9(10)12/h2-5H,6-7,13H2,1H3. The molecule has 0 atom stereocenters. The van der Waals surface area contributed by atoms with Crippen LogP contribution in [-0.4, -0.2) is 21.6 Å². The molecule has 1 aromatic heterocycles. The van der Waals surface area contributed by atoms with Gasteiger partial charge in [0.25, 0.3) is 0 Å². The van der Waals surface area contributed by atoms with Crippen molar-refractivity contribution < 1.29 is 4.74 Å². The third-order valence-corrected chi connectivity index (χ3v) is 2.73. The summed E-state index contributed by atoms with van der Waals surface area (Å²) in [7, 11) is 0. The van der Waals surface area contributed by atoms with E-state index in [0.717, 1.165) is 5.69 Å². The van der Waals surface area contributed by atoms with Crippen LogP contribution in [-0.2, 0) is 6.54 Å². The van der Waals surface area contributed by atoms with Gasteiger partial charge in [-0.2, -0.15) is 0 Å². The molecule has 1 aromatic carbocycles. The van der Waals surface area contributed by atoms with Crippen molar-refractivity contribution in [2.45, 2.75) is 13.5 Å². The smallest absolute Gasteiger partial charge is 0.168 e. The monoisotopic (exact) mass is 252 g/mol. The zero-order chi connectivity index (χ0) is 12.3. The summed E-state index contributed by atoms with van der Waals surface area (Å²) in [5.41, 5.74) is 6.43. The lowest BCUT2D eigenvalue weighted by molar-refractivity contribution is 0.288. The molecule has 0 saturated heterocycles. The summed E-state index contributed by atoms with van der Waals surface area (Å²) >= 11 is 5.96. The Labute approximate surface area is 104 Å². The average Bonchev–Trinajstić information content (AvgIpc) is 2.63. The first kappa shape index (κ1) is 11.7. The summed E-state index contributed by atoms with van der Waals surface area (Å²) in [6.07, 6.45) is 0. The summed E-state index contributed by atoms with van der Waals surface area (Å²) in [6, 6.07) is 7.35. The minimum absolute atomic E-state index is 0.447. The summed E-state index contributed by atoms with van der Waals surface area (Å²) in [5.74, 6) is 1.11. The molecule has 0 bridgehead atoms. The van der Waals surface area contributed by atoms with Gasteiger partial charge in [-0.1, -0.05) is 28.9 Å². The molecular formula is C11H13ClN4O. The van der Waals surface area contributed by atoms with E-state index in [9.17, 15) is 0 Å². The van der Waals surface area contributed by atoms with Gasteiger partial charge >= 0.3 is 0 Å². The molecule has 0 spiro atoms. The molecule has 90 valence electrons. The molecule has 0 fully saturated rings. The molecule has 0 amide bonds. The van der Waals surface area contributed by atoms with Crippen molar-refractivity contribution in [1.82, 2.24) is 15.0 Å².